The molecule has 2 N–H and O–H groups in total. The summed E-state index contributed by atoms with van der Waals surface area (Å²) >= 11 is 0. The Morgan fingerprint density at radius 1 is 1.00 bits per heavy atom. The molecule has 0 spiro atoms. The van der Waals surface area contributed by atoms with E-state index in [-0.39, 0.29) is 12.3 Å². The summed E-state index contributed by atoms with van der Waals surface area (Å²) in [5.41, 5.74) is 0.849. The summed E-state index contributed by atoms with van der Waals surface area (Å²) in [6.45, 7) is 2.97. The summed E-state index contributed by atoms with van der Waals surface area (Å²) in [7, 11) is 2.45. The summed E-state index contributed by atoms with van der Waals surface area (Å²) < 4.78 is 9.30. The lowest BCUT2D eigenvalue weighted by Gasteiger charge is -2.19. The maximum atomic E-state index is 12.3. The number of anilines is 1. The summed E-state index contributed by atoms with van der Waals surface area (Å²) in [5.74, 6) is -2.44. The smallest absolute Gasteiger partial charge is 0.328 e. The second-order valence-corrected chi connectivity index (χ2v) is 5.47. The first-order valence-corrected chi connectivity index (χ1v) is 7.62. The molecule has 0 radical (unpaired) electrons. The minimum atomic E-state index is -0.985. The second-order valence-electron chi connectivity index (χ2n) is 5.47. The zero-order valence-corrected chi connectivity index (χ0v) is 14.6. The van der Waals surface area contributed by atoms with Crippen molar-refractivity contribution in [1.29, 1.82) is 0 Å². The Bertz CT molecular complexity index is 641. The molecule has 1 aromatic carbocycles. The molecule has 0 saturated heterocycles. The number of nitrogens with one attached hydrogen (secondary N) is 2. The van der Waals surface area contributed by atoms with Crippen LogP contribution in [0.15, 0.2) is 24.3 Å². The summed E-state index contributed by atoms with van der Waals surface area (Å²) in [6, 6.07) is 5.18. The molecule has 0 aliphatic carbocycles. The fourth-order valence-corrected chi connectivity index (χ4v) is 2.16. The van der Waals surface area contributed by atoms with E-state index in [0.29, 0.717) is 11.3 Å². The molecule has 25 heavy (non-hydrogen) atoms. The van der Waals surface area contributed by atoms with Crippen molar-refractivity contribution < 1.29 is 28.7 Å². The lowest BCUT2D eigenvalue weighted by molar-refractivity contribution is -0.147. The molecule has 8 heteroatoms. The maximum Gasteiger partial charge on any atom is 0.328 e. The van der Waals surface area contributed by atoms with Gasteiger partial charge in [-0.1, -0.05) is 6.92 Å². The van der Waals surface area contributed by atoms with Crippen LogP contribution in [0.5, 0.6) is 0 Å². The van der Waals surface area contributed by atoms with Crippen LogP contribution < -0.4 is 10.6 Å². The van der Waals surface area contributed by atoms with Crippen LogP contribution in [0.25, 0.3) is 0 Å². The SMILES string of the molecule is COC(=O)[C@H](C[C@H](C)C(=O)OC)NC(=O)c1ccc(NC(C)=O)cc1. The number of hydrogen-bond acceptors (Lipinski definition) is 6. The Labute approximate surface area is 145 Å². The number of esters is 2. The van der Waals surface area contributed by atoms with Crippen molar-refractivity contribution in [2.75, 3.05) is 19.5 Å². The highest BCUT2D eigenvalue weighted by atomic mass is 16.5. The lowest BCUT2D eigenvalue weighted by atomic mass is 10.0. The van der Waals surface area contributed by atoms with Gasteiger partial charge < -0.3 is 20.1 Å². The van der Waals surface area contributed by atoms with Crippen LogP contribution in [0.3, 0.4) is 0 Å². The Morgan fingerprint density at radius 2 is 1.56 bits per heavy atom. The molecule has 2 atom stereocenters. The van der Waals surface area contributed by atoms with Gasteiger partial charge >= 0.3 is 11.9 Å². The van der Waals surface area contributed by atoms with Gasteiger partial charge in [0.25, 0.3) is 5.91 Å². The van der Waals surface area contributed by atoms with Crippen LogP contribution >= 0.6 is 0 Å². The second kappa shape index (κ2) is 9.41. The topological polar surface area (TPSA) is 111 Å². The number of carbonyl (C=O) groups excluding carboxylic acids is 4. The Kier molecular flexibility index (Phi) is 7.58. The fraction of sp³-hybridized carbons (Fsp3) is 0.412. The summed E-state index contributed by atoms with van der Waals surface area (Å²) in [6.07, 6.45) is 0.0507. The average Bonchev–Trinajstić information content (AvgIpc) is 2.59. The van der Waals surface area contributed by atoms with Crippen LogP contribution in [0.1, 0.15) is 30.6 Å². The summed E-state index contributed by atoms with van der Waals surface area (Å²) in [4.78, 5) is 46.7. The molecule has 2 amide bonds. The molecule has 0 bridgehead atoms. The number of carbonyl (C=O) groups is 4. The molecular formula is C17H22N2O6. The molecule has 136 valence electrons. The van der Waals surface area contributed by atoms with Crippen LogP contribution in [-0.4, -0.2) is 44.0 Å². The molecular weight excluding hydrogens is 328 g/mol. The van der Waals surface area contributed by atoms with Gasteiger partial charge in [0, 0.05) is 18.2 Å². The highest BCUT2D eigenvalue weighted by Crippen LogP contribution is 2.12. The van der Waals surface area contributed by atoms with Gasteiger partial charge in [0.2, 0.25) is 5.91 Å². The van der Waals surface area contributed by atoms with E-state index in [1.807, 2.05) is 0 Å². The monoisotopic (exact) mass is 350 g/mol. The van der Waals surface area contributed by atoms with Crippen molar-refractivity contribution >= 4 is 29.4 Å². The van der Waals surface area contributed by atoms with Gasteiger partial charge in [-0.2, -0.15) is 0 Å². The van der Waals surface area contributed by atoms with Crippen LogP contribution in [0.2, 0.25) is 0 Å². The standard InChI is InChI=1S/C17H22N2O6/c1-10(16(22)24-3)9-14(17(23)25-4)19-15(21)12-5-7-13(8-6-12)18-11(2)20/h5-8,10,14H,9H2,1-4H3,(H,18,20)(H,19,21)/t10-,14-/m0/s1. The van der Waals surface area contributed by atoms with E-state index in [1.54, 1.807) is 19.1 Å². The van der Waals surface area contributed by atoms with E-state index in [1.165, 1.54) is 33.3 Å². The first-order chi connectivity index (χ1) is 11.8. The number of ether oxygens (including phenoxy) is 2. The van der Waals surface area contributed by atoms with Gasteiger partial charge in [0.15, 0.2) is 0 Å². The number of amides is 2. The first-order valence-electron chi connectivity index (χ1n) is 7.62. The Morgan fingerprint density at radius 3 is 2.04 bits per heavy atom. The third-order valence-electron chi connectivity index (χ3n) is 3.45. The van der Waals surface area contributed by atoms with Crippen molar-refractivity contribution in [1.82, 2.24) is 5.32 Å². The molecule has 0 aliphatic rings. The molecule has 1 rings (SSSR count). The van der Waals surface area contributed by atoms with Crippen LogP contribution in [0.4, 0.5) is 5.69 Å². The number of hydrogen-bond donors (Lipinski definition) is 2. The third kappa shape index (κ3) is 6.25. The van der Waals surface area contributed by atoms with Gasteiger partial charge in [0.05, 0.1) is 20.1 Å². The number of benzene rings is 1. The first kappa shape index (κ1) is 20.1. The molecule has 1 aromatic rings. The normalized spacial score (nSPS) is 12.5. The van der Waals surface area contributed by atoms with Gasteiger partial charge in [-0.3, -0.25) is 14.4 Å². The van der Waals surface area contributed by atoms with E-state index in [2.05, 4.69) is 20.1 Å². The molecule has 0 aliphatic heterocycles. The van der Waals surface area contributed by atoms with Crippen molar-refractivity contribution in [3.8, 4) is 0 Å². The minimum absolute atomic E-state index is 0.0507. The molecule has 0 heterocycles. The van der Waals surface area contributed by atoms with Crippen molar-refractivity contribution in [2.45, 2.75) is 26.3 Å². The van der Waals surface area contributed by atoms with Crippen LogP contribution in [0, 0.1) is 5.92 Å². The van der Waals surface area contributed by atoms with Crippen molar-refractivity contribution in [3.63, 3.8) is 0 Å². The summed E-state index contributed by atoms with van der Waals surface area (Å²) in [5, 5.41) is 5.13. The number of rotatable bonds is 7. The van der Waals surface area contributed by atoms with Crippen LogP contribution in [-0.2, 0) is 23.9 Å². The highest BCUT2D eigenvalue weighted by Gasteiger charge is 2.27. The molecule has 0 fully saturated rings. The highest BCUT2D eigenvalue weighted by molar-refractivity contribution is 5.97. The van der Waals surface area contributed by atoms with E-state index < -0.39 is 29.8 Å². The van der Waals surface area contributed by atoms with Gasteiger partial charge in [-0.25, -0.2) is 4.79 Å². The minimum Gasteiger partial charge on any atom is -0.469 e. The van der Waals surface area contributed by atoms with E-state index >= 15 is 0 Å². The van der Waals surface area contributed by atoms with Gasteiger partial charge in [-0.15, -0.1) is 0 Å². The maximum absolute atomic E-state index is 12.3. The van der Waals surface area contributed by atoms with Crippen molar-refractivity contribution in [3.05, 3.63) is 29.8 Å². The van der Waals surface area contributed by atoms with E-state index in [4.69, 9.17) is 0 Å². The average molecular weight is 350 g/mol. The van der Waals surface area contributed by atoms with E-state index in [9.17, 15) is 19.2 Å². The molecule has 0 aromatic heterocycles. The zero-order valence-electron chi connectivity index (χ0n) is 14.6. The predicted octanol–water partition coefficient (Wildman–Crippen LogP) is 1.12. The molecule has 8 nitrogen and oxygen atoms in total. The fourth-order valence-electron chi connectivity index (χ4n) is 2.16. The number of methoxy groups -OCH3 is 2. The predicted molar refractivity (Wildman–Crippen MR) is 89.8 cm³/mol. The third-order valence-corrected chi connectivity index (χ3v) is 3.45. The molecule has 0 saturated carbocycles. The Balaban J connectivity index is 2.82. The molecule has 0 unspecified atom stereocenters. The van der Waals surface area contributed by atoms with Crippen molar-refractivity contribution in [2.24, 2.45) is 5.92 Å². The quantitative estimate of drug-likeness (QED) is 0.713. The van der Waals surface area contributed by atoms with Gasteiger partial charge in [-0.05, 0) is 30.7 Å². The Hall–Kier alpha value is -2.90. The van der Waals surface area contributed by atoms with Gasteiger partial charge in [0.1, 0.15) is 6.04 Å². The largest absolute Gasteiger partial charge is 0.469 e. The lowest BCUT2D eigenvalue weighted by Crippen LogP contribution is -2.43. The zero-order chi connectivity index (χ0) is 19.0. The van der Waals surface area contributed by atoms with E-state index in [0.717, 1.165) is 0 Å².